The topological polar surface area (TPSA) is 0 Å². The molecule has 72 valence electrons. The van der Waals surface area contributed by atoms with E-state index in [4.69, 9.17) is 0 Å². The summed E-state index contributed by atoms with van der Waals surface area (Å²) in [7, 11) is 0. The lowest BCUT2D eigenvalue weighted by atomic mass is 10.3. The van der Waals surface area contributed by atoms with Crippen LogP contribution in [0.3, 0.4) is 0 Å². The molecule has 0 nitrogen and oxygen atoms in total. The van der Waals surface area contributed by atoms with Gasteiger partial charge in [-0.05, 0) is 36.4 Å². The summed E-state index contributed by atoms with van der Waals surface area (Å²) in [4.78, 5) is 2.40. The van der Waals surface area contributed by atoms with Crippen molar-refractivity contribution in [2.24, 2.45) is 0 Å². The van der Waals surface area contributed by atoms with Gasteiger partial charge in [0.2, 0.25) is 0 Å². The van der Waals surface area contributed by atoms with Crippen LogP contribution in [0.4, 0.5) is 0 Å². The fourth-order valence-electron chi connectivity index (χ4n) is 1.08. The summed E-state index contributed by atoms with van der Waals surface area (Å²) in [5.74, 6) is 1.24. The quantitative estimate of drug-likeness (QED) is 0.432. The summed E-state index contributed by atoms with van der Waals surface area (Å²) in [6, 6.07) is 8.37. The van der Waals surface area contributed by atoms with Crippen LogP contribution >= 0.6 is 24.4 Å². The van der Waals surface area contributed by atoms with Crippen molar-refractivity contribution in [2.45, 2.75) is 36.0 Å². The highest BCUT2D eigenvalue weighted by atomic mass is 32.2. The summed E-state index contributed by atoms with van der Waals surface area (Å²) in [5.41, 5.74) is 0. The van der Waals surface area contributed by atoms with Gasteiger partial charge in [-0.15, -0.1) is 24.4 Å². The van der Waals surface area contributed by atoms with Gasteiger partial charge in [-0.1, -0.05) is 19.8 Å². The maximum absolute atomic E-state index is 4.25. The van der Waals surface area contributed by atoms with Gasteiger partial charge >= 0.3 is 0 Å². The van der Waals surface area contributed by atoms with Crippen LogP contribution in [0.5, 0.6) is 0 Å². The first-order valence-corrected chi connectivity index (χ1v) is 6.18. The van der Waals surface area contributed by atoms with Crippen LogP contribution < -0.4 is 0 Å². The van der Waals surface area contributed by atoms with E-state index in [9.17, 15) is 0 Å². The van der Waals surface area contributed by atoms with E-state index in [1.807, 2.05) is 23.9 Å². The predicted molar refractivity (Wildman–Crippen MR) is 63.9 cm³/mol. The number of thioether (sulfide) groups is 1. The monoisotopic (exact) mass is 212 g/mol. The number of hydrogen-bond donors (Lipinski definition) is 1. The molecule has 0 N–H and O–H groups in total. The van der Waals surface area contributed by atoms with Crippen molar-refractivity contribution in [2.75, 3.05) is 5.75 Å². The molecule has 1 rings (SSSR count). The molecule has 0 aliphatic carbocycles. The highest BCUT2D eigenvalue weighted by Gasteiger charge is 1.93. The van der Waals surface area contributed by atoms with Crippen LogP contribution in [0.15, 0.2) is 34.1 Å². The van der Waals surface area contributed by atoms with Gasteiger partial charge in [-0.2, -0.15) is 0 Å². The molecule has 0 unspecified atom stereocenters. The van der Waals surface area contributed by atoms with Crippen molar-refractivity contribution < 1.29 is 0 Å². The van der Waals surface area contributed by atoms with Crippen molar-refractivity contribution in [1.82, 2.24) is 0 Å². The molecule has 0 fully saturated rings. The zero-order chi connectivity index (χ0) is 9.52. The number of hydrogen-bond acceptors (Lipinski definition) is 2. The van der Waals surface area contributed by atoms with Crippen LogP contribution in [-0.2, 0) is 0 Å². The Morgan fingerprint density at radius 3 is 2.46 bits per heavy atom. The van der Waals surface area contributed by atoms with Gasteiger partial charge in [0, 0.05) is 9.79 Å². The second kappa shape index (κ2) is 6.39. The van der Waals surface area contributed by atoms with E-state index in [0.717, 1.165) is 4.90 Å². The van der Waals surface area contributed by atoms with E-state index in [1.54, 1.807) is 0 Å². The average molecular weight is 212 g/mol. The van der Waals surface area contributed by atoms with Gasteiger partial charge in [0.15, 0.2) is 0 Å². The lowest BCUT2D eigenvalue weighted by Crippen LogP contribution is -1.79. The van der Waals surface area contributed by atoms with Gasteiger partial charge in [0.05, 0.1) is 0 Å². The van der Waals surface area contributed by atoms with E-state index in [-0.39, 0.29) is 0 Å². The van der Waals surface area contributed by atoms with Crippen LogP contribution in [0, 0.1) is 0 Å². The first-order valence-electron chi connectivity index (χ1n) is 4.74. The molecule has 13 heavy (non-hydrogen) atoms. The van der Waals surface area contributed by atoms with E-state index >= 15 is 0 Å². The number of benzene rings is 1. The summed E-state index contributed by atoms with van der Waals surface area (Å²) < 4.78 is 0. The largest absolute Gasteiger partial charge is 0.143 e. The molecular formula is C11H16S2. The van der Waals surface area contributed by atoms with Crippen molar-refractivity contribution >= 4 is 24.4 Å². The Bertz CT molecular complexity index is 228. The minimum Gasteiger partial charge on any atom is -0.143 e. The third-order valence-corrected chi connectivity index (χ3v) is 3.25. The second-order valence-corrected chi connectivity index (χ2v) is 4.73. The molecule has 0 saturated carbocycles. The number of rotatable bonds is 5. The first-order chi connectivity index (χ1) is 6.33. The SMILES string of the molecule is CCCCCSc1ccc(S)cc1. The molecule has 0 saturated heterocycles. The zero-order valence-electron chi connectivity index (χ0n) is 7.99. The maximum Gasteiger partial charge on any atom is 0.00727 e. The van der Waals surface area contributed by atoms with Gasteiger partial charge < -0.3 is 0 Å². The van der Waals surface area contributed by atoms with Crippen LogP contribution in [-0.4, -0.2) is 5.75 Å². The maximum atomic E-state index is 4.25. The standard InChI is InChI=1S/C11H16S2/c1-2-3-4-9-13-11-7-5-10(12)6-8-11/h5-8,12H,2-4,9H2,1H3. The van der Waals surface area contributed by atoms with Crippen molar-refractivity contribution in [3.8, 4) is 0 Å². The molecule has 0 radical (unpaired) electrons. The van der Waals surface area contributed by atoms with Crippen LogP contribution in [0.25, 0.3) is 0 Å². The van der Waals surface area contributed by atoms with Gasteiger partial charge in [-0.25, -0.2) is 0 Å². The van der Waals surface area contributed by atoms with E-state index < -0.39 is 0 Å². The molecule has 0 bridgehead atoms. The average Bonchev–Trinajstić information content (AvgIpc) is 2.15. The highest BCUT2D eigenvalue weighted by molar-refractivity contribution is 7.99. The summed E-state index contributed by atoms with van der Waals surface area (Å²) >= 11 is 6.18. The zero-order valence-corrected chi connectivity index (χ0v) is 9.70. The number of unbranched alkanes of at least 4 members (excludes halogenated alkanes) is 2. The van der Waals surface area contributed by atoms with E-state index in [1.165, 1.54) is 29.9 Å². The molecular weight excluding hydrogens is 196 g/mol. The van der Waals surface area contributed by atoms with E-state index in [0.29, 0.717) is 0 Å². The fraction of sp³-hybridized carbons (Fsp3) is 0.455. The molecule has 0 atom stereocenters. The van der Waals surface area contributed by atoms with Crippen molar-refractivity contribution in [1.29, 1.82) is 0 Å². The fourth-order valence-corrected chi connectivity index (χ4v) is 2.15. The van der Waals surface area contributed by atoms with Gasteiger partial charge in [0.1, 0.15) is 0 Å². The summed E-state index contributed by atoms with van der Waals surface area (Å²) in [6.45, 7) is 2.24. The Labute approximate surface area is 90.5 Å². The lowest BCUT2D eigenvalue weighted by molar-refractivity contribution is 0.778. The van der Waals surface area contributed by atoms with E-state index in [2.05, 4.69) is 31.7 Å². The summed E-state index contributed by atoms with van der Waals surface area (Å²) in [5, 5.41) is 0. The Kier molecular flexibility index (Phi) is 5.40. The number of thiol groups is 1. The third kappa shape index (κ3) is 4.63. The Morgan fingerprint density at radius 2 is 1.85 bits per heavy atom. The Balaban J connectivity index is 2.25. The molecule has 0 aromatic heterocycles. The molecule has 0 aliphatic rings. The third-order valence-electron chi connectivity index (χ3n) is 1.85. The molecule has 2 heteroatoms. The Hall–Kier alpha value is -0.0800. The minimum atomic E-state index is 1.04. The van der Waals surface area contributed by atoms with Crippen LogP contribution in [0.2, 0.25) is 0 Å². The molecule has 0 heterocycles. The van der Waals surface area contributed by atoms with Crippen LogP contribution in [0.1, 0.15) is 26.2 Å². The molecule has 1 aromatic rings. The van der Waals surface area contributed by atoms with Crippen molar-refractivity contribution in [3.05, 3.63) is 24.3 Å². The predicted octanol–water partition coefficient (Wildman–Crippen LogP) is 4.26. The molecule has 0 aliphatic heterocycles. The first kappa shape index (κ1) is 11.0. The van der Waals surface area contributed by atoms with Crippen molar-refractivity contribution in [3.63, 3.8) is 0 Å². The van der Waals surface area contributed by atoms with Gasteiger partial charge in [0.25, 0.3) is 0 Å². The normalized spacial score (nSPS) is 10.3. The molecule has 0 spiro atoms. The summed E-state index contributed by atoms with van der Waals surface area (Å²) in [6.07, 6.45) is 3.97. The minimum absolute atomic E-state index is 1.04. The molecule has 0 amide bonds. The Morgan fingerprint density at radius 1 is 1.15 bits per heavy atom. The van der Waals surface area contributed by atoms with Gasteiger partial charge in [-0.3, -0.25) is 0 Å². The lowest BCUT2D eigenvalue weighted by Gasteiger charge is -2.00. The highest BCUT2D eigenvalue weighted by Crippen LogP contribution is 2.20. The smallest absolute Gasteiger partial charge is 0.00727 e. The molecule has 1 aromatic carbocycles. The second-order valence-electron chi connectivity index (χ2n) is 3.05.